The zero-order valence-electron chi connectivity index (χ0n) is 12.2. The smallest absolute Gasteiger partial charge is 0.124 e. The van der Waals surface area contributed by atoms with Crippen molar-refractivity contribution in [3.8, 4) is 5.75 Å². The van der Waals surface area contributed by atoms with E-state index in [9.17, 15) is 0 Å². The summed E-state index contributed by atoms with van der Waals surface area (Å²) >= 11 is 3.54. The fourth-order valence-corrected chi connectivity index (χ4v) is 2.64. The monoisotopic (exact) mass is 328 g/mol. The van der Waals surface area contributed by atoms with Crippen molar-refractivity contribution in [2.24, 2.45) is 5.73 Å². The summed E-state index contributed by atoms with van der Waals surface area (Å²) in [6, 6.07) is 6.38. The average Bonchev–Trinajstić information content (AvgIpc) is 2.43. The Hall–Kier alpha value is -0.580. The minimum atomic E-state index is 0.208. The van der Waals surface area contributed by atoms with E-state index in [0.717, 1.165) is 36.3 Å². The molecule has 0 radical (unpaired) electrons. The van der Waals surface area contributed by atoms with Crippen molar-refractivity contribution in [3.63, 3.8) is 0 Å². The summed E-state index contributed by atoms with van der Waals surface area (Å²) in [5.74, 6) is 0.951. The predicted molar refractivity (Wildman–Crippen MR) is 84.6 cm³/mol. The molecule has 0 bridgehead atoms. The van der Waals surface area contributed by atoms with Crippen molar-refractivity contribution in [1.82, 2.24) is 4.90 Å². The Kier molecular flexibility index (Phi) is 7.42. The van der Waals surface area contributed by atoms with Crippen molar-refractivity contribution in [3.05, 3.63) is 28.2 Å². The van der Waals surface area contributed by atoms with Crippen LogP contribution in [0.2, 0.25) is 0 Å². The quantitative estimate of drug-likeness (QED) is 0.792. The molecule has 19 heavy (non-hydrogen) atoms. The topological polar surface area (TPSA) is 38.5 Å². The normalized spacial score (nSPS) is 12.7. The zero-order chi connectivity index (χ0) is 14.3. The van der Waals surface area contributed by atoms with Gasteiger partial charge in [-0.05, 0) is 37.7 Å². The van der Waals surface area contributed by atoms with E-state index in [1.807, 2.05) is 12.1 Å². The third-order valence-electron chi connectivity index (χ3n) is 3.27. The Morgan fingerprint density at radius 3 is 2.47 bits per heavy atom. The maximum Gasteiger partial charge on any atom is 0.124 e. The Labute approximate surface area is 125 Å². The molecule has 1 rings (SSSR count). The average molecular weight is 329 g/mol. The van der Waals surface area contributed by atoms with Gasteiger partial charge < -0.3 is 10.5 Å². The second-order valence-corrected chi connectivity index (χ2v) is 5.42. The van der Waals surface area contributed by atoms with Crippen LogP contribution in [-0.2, 0) is 0 Å². The first-order chi connectivity index (χ1) is 9.17. The van der Waals surface area contributed by atoms with E-state index in [4.69, 9.17) is 10.5 Å². The molecule has 108 valence electrons. The van der Waals surface area contributed by atoms with Crippen LogP contribution < -0.4 is 10.5 Å². The number of benzene rings is 1. The van der Waals surface area contributed by atoms with Gasteiger partial charge >= 0.3 is 0 Å². The van der Waals surface area contributed by atoms with Crippen LogP contribution in [0, 0.1) is 0 Å². The van der Waals surface area contributed by atoms with E-state index in [1.165, 1.54) is 5.56 Å². The second kappa shape index (κ2) is 8.56. The first kappa shape index (κ1) is 16.5. The van der Waals surface area contributed by atoms with Gasteiger partial charge in [0.05, 0.1) is 12.6 Å². The maximum atomic E-state index is 5.99. The number of likely N-dealkylation sites (N-methyl/N-ethyl adjacent to an activating group) is 1. The summed E-state index contributed by atoms with van der Waals surface area (Å²) in [7, 11) is 0. The van der Waals surface area contributed by atoms with Gasteiger partial charge in [0.2, 0.25) is 0 Å². The van der Waals surface area contributed by atoms with Gasteiger partial charge in [-0.2, -0.15) is 0 Å². The number of hydrogen-bond acceptors (Lipinski definition) is 3. The standard InChI is InChI=1S/C15H25BrN2O/c1-4-9-19-15-8-7-12(16)10-13(15)14(11-17)18(5-2)6-3/h7-8,10,14H,4-6,9,11,17H2,1-3H3. The molecule has 0 fully saturated rings. The molecule has 1 atom stereocenters. The molecule has 0 spiro atoms. The predicted octanol–water partition coefficient (Wildman–Crippen LogP) is 3.58. The number of halogens is 1. The Balaban J connectivity index is 3.08. The third kappa shape index (κ3) is 4.48. The van der Waals surface area contributed by atoms with E-state index in [1.54, 1.807) is 0 Å². The molecule has 0 saturated carbocycles. The van der Waals surface area contributed by atoms with E-state index in [-0.39, 0.29) is 6.04 Å². The minimum absolute atomic E-state index is 0.208. The summed E-state index contributed by atoms with van der Waals surface area (Å²) < 4.78 is 6.93. The first-order valence-electron chi connectivity index (χ1n) is 7.04. The van der Waals surface area contributed by atoms with Crippen LogP contribution in [0.4, 0.5) is 0 Å². The molecule has 2 N–H and O–H groups in total. The maximum absolute atomic E-state index is 5.99. The summed E-state index contributed by atoms with van der Waals surface area (Å²) in [6.07, 6.45) is 1.01. The van der Waals surface area contributed by atoms with E-state index >= 15 is 0 Å². The van der Waals surface area contributed by atoms with Crippen LogP contribution in [-0.4, -0.2) is 31.1 Å². The Morgan fingerprint density at radius 1 is 1.26 bits per heavy atom. The van der Waals surface area contributed by atoms with Gasteiger partial charge in [0.25, 0.3) is 0 Å². The van der Waals surface area contributed by atoms with Gasteiger partial charge in [0.1, 0.15) is 5.75 Å². The van der Waals surface area contributed by atoms with Gasteiger partial charge in [-0.15, -0.1) is 0 Å². The molecule has 1 unspecified atom stereocenters. The van der Waals surface area contributed by atoms with E-state index in [0.29, 0.717) is 6.54 Å². The minimum Gasteiger partial charge on any atom is -0.493 e. The Morgan fingerprint density at radius 2 is 1.95 bits per heavy atom. The lowest BCUT2D eigenvalue weighted by atomic mass is 10.0. The van der Waals surface area contributed by atoms with Crippen molar-refractivity contribution in [1.29, 1.82) is 0 Å². The molecule has 0 aliphatic heterocycles. The number of hydrogen-bond donors (Lipinski definition) is 1. The van der Waals surface area contributed by atoms with Crippen molar-refractivity contribution in [2.45, 2.75) is 33.2 Å². The highest BCUT2D eigenvalue weighted by atomic mass is 79.9. The highest BCUT2D eigenvalue weighted by Crippen LogP contribution is 2.31. The molecule has 0 amide bonds. The molecule has 1 aromatic carbocycles. The lowest BCUT2D eigenvalue weighted by molar-refractivity contribution is 0.215. The number of ether oxygens (including phenoxy) is 1. The third-order valence-corrected chi connectivity index (χ3v) is 3.76. The molecule has 1 aromatic rings. The van der Waals surface area contributed by atoms with Crippen molar-refractivity contribution < 1.29 is 4.74 Å². The summed E-state index contributed by atoms with van der Waals surface area (Å²) in [4.78, 5) is 2.36. The summed E-state index contributed by atoms with van der Waals surface area (Å²) in [6.45, 7) is 9.75. The van der Waals surface area contributed by atoms with E-state index in [2.05, 4.69) is 47.7 Å². The summed E-state index contributed by atoms with van der Waals surface area (Å²) in [5, 5.41) is 0. The van der Waals surface area contributed by atoms with Crippen LogP contribution in [0.15, 0.2) is 22.7 Å². The highest BCUT2D eigenvalue weighted by Gasteiger charge is 2.20. The molecule has 3 nitrogen and oxygen atoms in total. The molecule has 4 heteroatoms. The number of nitrogens with two attached hydrogens (primary N) is 1. The molecule has 0 saturated heterocycles. The van der Waals surface area contributed by atoms with Crippen molar-refractivity contribution >= 4 is 15.9 Å². The Bertz CT molecular complexity index is 380. The van der Waals surface area contributed by atoms with Gasteiger partial charge in [-0.25, -0.2) is 0 Å². The zero-order valence-corrected chi connectivity index (χ0v) is 13.7. The molecule has 0 aliphatic rings. The highest BCUT2D eigenvalue weighted by molar-refractivity contribution is 9.10. The lowest BCUT2D eigenvalue weighted by Gasteiger charge is -2.30. The number of nitrogens with zero attached hydrogens (tertiary/aromatic N) is 1. The molecule has 0 heterocycles. The van der Waals surface area contributed by atoms with E-state index < -0.39 is 0 Å². The SMILES string of the molecule is CCCOc1ccc(Br)cc1C(CN)N(CC)CC. The van der Waals surface area contributed by atoms with Crippen LogP contribution in [0.1, 0.15) is 38.8 Å². The van der Waals surface area contributed by atoms with Gasteiger partial charge in [-0.1, -0.05) is 36.7 Å². The fraction of sp³-hybridized carbons (Fsp3) is 0.600. The number of rotatable bonds is 8. The second-order valence-electron chi connectivity index (χ2n) is 4.50. The van der Waals surface area contributed by atoms with Crippen LogP contribution in [0.5, 0.6) is 5.75 Å². The largest absolute Gasteiger partial charge is 0.493 e. The fourth-order valence-electron chi connectivity index (χ4n) is 2.26. The van der Waals surface area contributed by atoms with Gasteiger partial charge in [0.15, 0.2) is 0 Å². The molecule has 0 aromatic heterocycles. The van der Waals surface area contributed by atoms with Crippen molar-refractivity contribution in [2.75, 3.05) is 26.2 Å². The summed E-state index contributed by atoms with van der Waals surface area (Å²) in [5.41, 5.74) is 7.17. The van der Waals surface area contributed by atoms with Crippen LogP contribution in [0.3, 0.4) is 0 Å². The molecule has 0 aliphatic carbocycles. The molecular formula is C15H25BrN2O. The van der Waals surface area contributed by atoms with Crippen LogP contribution >= 0.6 is 15.9 Å². The molecular weight excluding hydrogens is 304 g/mol. The van der Waals surface area contributed by atoms with Gasteiger partial charge in [-0.3, -0.25) is 4.90 Å². The lowest BCUT2D eigenvalue weighted by Crippen LogP contribution is -2.33. The first-order valence-corrected chi connectivity index (χ1v) is 7.83. The van der Waals surface area contributed by atoms with Gasteiger partial charge in [0, 0.05) is 16.6 Å². The van der Waals surface area contributed by atoms with Crippen LogP contribution in [0.25, 0.3) is 0 Å².